The predicted octanol–water partition coefficient (Wildman–Crippen LogP) is 2.53. The molecule has 1 aromatic rings. The number of methoxy groups -OCH3 is 1. The van der Waals surface area contributed by atoms with Gasteiger partial charge in [0.05, 0.1) is 18.7 Å². The fourth-order valence-corrected chi connectivity index (χ4v) is 1.66. The summed E-state index contributed by atoms with van der Waals surface area (Å²) in [5.74, 6) is -0.869. The number of aliphatic hydroxyl groups excluding tert-OH is 1. The van der Waals surface area contributed by atoms with Crippen LogP contribution in [0.4, 0.5) is 4.39 Å². The first-order valence-corrected chi connectivity index (χ1v) is 5.31. The van der Waals surface area contributed by atoms with Crippen molar-refractivity contribution in [3.63, 3.8) is 0 Å². The van der Waals surface area contributed by atoms with Gasteiger partial charge in [-0.25, -0.2) is 4.39 Å². The molecule has 0 saturated heterocycles. The molecule has 0 bridgehead atoms. The lowest BCUT2D eigenvalue weighted by Crippen LogP contribution is -2.15. The van der Waals surface area contributed by atoms with E-state index in [1.165, 1.54) is 7.11 Å². The van der Waals surface area contributed by atoms with Crippen LogP contribution in [0.3, 0.4) is 0 Å². The van der Waals surface area contributed by atoms with Gasteiger partial charge >= 0.3 is 0 Å². The van der Waals surface area contributed by atoms with Gasteiger partial charge in [0.25, 0.3) is 0 Å². The quantitative estimate of drug-likeness (QED) is 0.647. The molecule has 4 nitrogen and oxygen atoms in total. The molecule has 0 unspecified atom stereocenters. The van der Waals surface area contributed by atoms with Crippen LogP contribution in [0.15, 0.2) is 12.1 Å². The number of rotatable bonds is 4. The van der Waals surface area contributed by atoms with E-state index in [2.05, 4.69) is 0 Å². The first-order valence-electron chi connectivity index (χ1n) is 4.93. The van der Waals surface area contributed by atoms with Crippen LogP contribution < -0.4 is 4.74 Å². The summed E-state index contributed by atoms with van der Waals surface area (Å²) in [4.78, 5) is 0. The first-order chi connectivity index (χ1) is 8.01. The van der Waals surface area contributed by atoms with Crippen LogP contribution in [-0.2, 0) is 4.74 Å². The summed E-state index contributed by atoms with van der Waals surface area (Å²) in [6, 6.07) is 2.13. The largest absolute Gasteiger partial charge is 0.495 e. The molecule has 0 aromatic heterocycles. The number of benzene rings is 1. The highest BCUT2D eigenvalue weighted by atomic mass is 35.5. The predicted molar refractivity (Wildman–Crippen MR) is 62.3 cm³/mol. The minimum atomic E-state index is -1.40. The van der Waals surface area contributed by atoms with E-state index in [1.807, 2.05) is 0 Å². The van der Waals surface area contributed by atoms with E-state index in [9.17, 15) is 9.50 Å². The van der Waals surface area contributed by atoms with Crippen LogP contribution in [0.2, 0.25) is 5.02 Å². The average Bonchev–Trinajstić information content (AvgIpc) is 2.27. The lowest BCUT2D eigenvalue weighted by molar-refractivity contribution is 0.186. The highest BCUT2D eigenvalue weighted by Crippen LogP contribution is 2.34. The van der Waals surface area contributed by atoms with E-state index < -0.39 is 11.9 Å². The van der Waals surface area contributed by atoms with Crippen LogP contribution in [0, 0.1) is 11.2 Å². The van der Waals surface area contributed by atoms with Crippen LogP contribution >= 0.6 is 11.6 Å². The monoisotopic (exact) mass is 261 g/mol. The summed E-state index contributed by atoms with van der Waals surface area (Å²) in [5, 5.41) is 17.3. The summed E-state index contributed by atoms with van der Waals surface area (Å²) in [7, 11) is 1.35. The number of hydrogen-bond donors (Lipinski definition) is 2. The zero-order valence-electron chi connectivity index (χ0n) is 9.46. The van der Waals surface area contributed by atoms with Crippen molar-refractivity contribution in [2.45, 2.75) is 13.0 Å². The Morgan fingerprint density at radius 3 is 2.76 bits per heavy atom. The average molecular weight is 262 g/mol. The SMILES string of the molecule is CCOC(=N)[C@@H](O)c1cc(F)cc(Cl)c1OC. The van der Waals surface area contributed by atoms with Gasteiger partial charge in [0.15, 0.2) is 6.10 Å². The number of ether oxygens (including phenoxy) is 2. The Balaban J connectivity index is 3.15. The standard InChI is InChI=1S/C11H13ClFNO3/c1-3-17-11(14)9(15)7-4-6(13)5-8(12)10(7)16-2/h4-5,9,14-15H,3H2,1-2H3/t9-/m0/s1. The topological polar surface area (TPSA) is 62.5 Å². The summed E-state index contributed by atoms with van der Waals surface area (Å²) in [5.41, 5.74) is 0.0657. The summed E-state index contributed by atoms with van der Waals surface area (Å²) < 4.78 is 23.0. The molecule has 0 aliphatic carbocycles. The van der Waals surface area contributed by atoms with Gasteiger partial charge in [-0.3, -0.25) is 5.41 Å². The van der Waals surface area contributed by atoms with E-state index in [4.69, 9.17) is 26.5 Å². The van der Waals surface area contributed by atoms with Crippen LogP contribution in [0.5, 0.6) is 5.75 Å². The van der Waals surface area contributed by atoms with Gasteiger partial charge in [-0.05, 0) is 19.1 Å². The first kappa shape index (κ1) is 13.7. The maximum absolute atomic E-state index is 13.2. The normalized spacial score (nSPS) is 12.1. The molecule has 94 valence electrons. The molecule has 1 rings (SSSR count). The molecule has 1 atom stereocenters. The van der Waals surface area contributed by atoms with Crippen LogP contribution in [0.25, 0.3) is 0 Å². The Labute approximate surface area is 103 Å². The van der Waals surface area contributed by atoms with Crippen molar-refractivity contribution >= 4 is 17.5 Å². The highest BCUT2D eigenvalue weighted by Gasteiger charge is 2.22. The van der Waals surface area contributed by atoms with E-state index >= 15 is 0 Å². The van der Waals surface area contributed by atoms with E-state index in [0.717, 1.165) is 12.1 Å². The van der Waals surface area contributed by atoms with Gasteiger partial charge in [0.2, 0.25) is 5.90 Å². The van der Waals surface area contributed by atoms with Gasteiger partial charge < -0.3 is 14.6 Å². The van der Waals surface area contributed by atoms with Crippen molar-refractivity contribution in [1.29, 1.82) is 5.41 Å². The molecule has 17 heavy (non-hydrogen) atoms. The molecule has 0 aliphatic rings. The second kappa shape index (κ2) is 5.84. The number of aliphatic hydroxyl groups is 1. The highest BCUT2D eigenvalue weighted by molar-refractivity contribution is 6.32. The van der Waals surface area contributed by atoms with Gasteiger partial charge in [0.1, 0.15) is 11.6 Å². The van der Waals surface area contributed by atoms with Crippen molar-refractivity contribution in [1.82, 2.24) is 0 Å². The molecule has 0 fully saturated rings. The van der Waals surface area contributed by atoms with Gasteiger partial charge in [-0.1, -0.05) is 11.6 Å². The molecule has 0 amide bonds. The minimum absolute atomic E-state index is 0.0332. The summed E-state index contributed by atoms with van der Waals surface area (Å²) in [6.45, 7) is 1.91. The molecule has 1 aromatic carbocycles. The second-order valence-corrected chi connectivity index (χ2v) is 3.62. The van der Waals surface area contributed by atoms with E-state index in [1.54, 1.807) is 6.92 Å². The molecule has 0 spiro atoms. The van der Waals surface area contributed by atoms with Gasteiger partial charge in [0, 0.05) is 5.56 Å². The van der Waals surface area contributed by atoms with Crippen molar-refractivity contribution in [2.75, 3.05) is 13.7 Å². The van der Waals surface area contributed by atoms with E-state index in [-0.39, 0.29) is 28.8 Å². The van der Waals surface area contributed by atoms with Gasteiger partial charge in [-0.15, -0.1) is 0 Å². The molecule has 6 heteroatoms. The smallest absolute Gasteiger partial charge is 0.215 e. The Morgan fingerprint density at radius 1 is 1.59 bits per heavy atom. The van der Waals surface area contributed by atoms with E-state index in [0.29, 0.717) is 0 Å². The fraction of sp³-hybridized carbons (Fsp3) is 0.364. The number of nitrogens with one attached hydrogen (secondary N) is 1. The lowest BCUT2D eigenvalue weighted by Gasteiger charge is -2.16. The van der Waals surface area contributed by atoms with Crippen LogP contribution in [0.1, 0.15) is 18.6 Å². The third-order valence-electron chi connectivity index (χ3n) is 2.08. The van der Waals surface area contributed by atoms with Crippen LogP contribution in [-0.4, -0.2) is 24.7 Å². The minimum Gasteiger partial charge on any atom is -0.495 e. The second-order valence-electron chi connectivity index (χ2n) is 3.21. The maximum Gasteiger partial charge on any atom is 0.215 e. The number of halogens is 2. The number of hydrogen-bond acceptors (Lipinski definition) is 4. The van der Waals surface area contributed by atoms with Crippen molar-refractivity contribution in [2.24, 2.45) is 0 Å². The molecular weight excluding hydrogens is 249 g/mol. The van der Waals surface area contributed by atoms with Crippen molar-refractivity contribution in [3.05, 3.63) is 28.5 Å². The fourth-order valence-electron chi connectivity index (χ4n) is 1.37. The third kappa shape index (κ3) is 3.08. The Bertz CT molecular complexity index is 425. The molecule has 0 aliphatic heterocycles. The molecule has 0 saturated carbocycles. The molecule has 0 radical (unpaired) electrons. The maximum atomic E-state index is 13.2. The molecule has 2 N–H and O–H groups in total. The van der Waals surface area contributed by atoms with Crippen molar-refractivity contribution in [3.8, 4) is 5.75 Å². The molecular formula is C11H13ClFNO3. The summed E-state index contributed by atoms with van der Waals surface area (Å²) >= 11 is 5.77. The summed E-state index contributed by atoms with van der Waals surface area (Å²) in [6.07, 6.45) is -1.40. The lowest BCUT2D eigenvalue weighted by atomic mass is 10.1. The Hall–Kier alpha value is -1.33. The van der Waals surface area contributed by atoms with Gasteiger partial charge in [-0.2, -0.15) is 0 Å². The Kier molecular flexibility index (Phi) is 4.72. The zero-order chi connectivity index (χ0) is 13.0. The third-order valence-corrected chi connectivity index (χ3v) is 2.36. The zero-order valence-corrected chi connectivity index (χ0v) is 10.2. The van der Waals surface area contributed by atoms with Crippen molar-refractivity contribution < 1.29 is 19.0 Å². The molecule has 0 heterocycles. The Morgan fingerprint density at radius 2 is 2.24 bits per heavy atom.